The van der Waals surface area contributed by atoms with Gasteiger partial charge in [-0.2, -0.15) is 0 Å². The lowest BCUT2D eigenvalue weighted by molar-refractivity contribution is -0.145. The summed E-state index contributed by atoms with van der Waals surface area (Å²) < 4.78 is 49.6. The van der Waals surface area contributed by atoms with Crippen molar-refractivity contribution in [1.82, 2.24) is 0 Å². The van der Waals surface area contributed by atoms with Gasteiger partial charge in [-0.3, -0.25) is 4.79 Å². The summed E-state index contributed by atoms with van der Waals surface area (Å²) in [6, 6.07) is 8.43. The van der Waals surface area contributed by atoms with Crippen molar-refractivity contribution in [2.45, 2.75) is 110 Å². The molecule has 0 aliphatic rings. The molecule has 0 bridgehead atoms. The number of unbranched alkanes of at least 4 members (excludes halogenated alkanes) is 11. The summed E-state index contributed by atoms with van der Waals surface area (Å²) in [4.78, 5) is 11.7. The van der Waals surface area contributed by atoms with E-state index < -0.39 is 0 Å². The fourth-order valence-corrected chi connectivity index (χ4v) is 5.01. The molecule has 1 aromatic rings. The monoisotopic (exact) mass is 713 g/mol. The first-order valence-corrected chi connectivity index (χ1v) is 19.7. The average Bonchev–Trinajstić information content (AvgIpc) is 3.13. The fourth-order valence-electron chi connectivity index (χ4n) is 5.01. The highest BCUT2D eigenvalue weighted by Gasteiger charge is 2.03. The van der Waals surface area contributed by atoms with Gasteiger partial charge in [-0.05, 0) is 37.0 Å². The fraction of sp³-hybridized carbons (Fsp3) is 0.825. The van der Waals surface area contributed by atoms with E-state index in [1.807, 2.05) is 0 Å². The van der Waals surface area contributed by atoms with Crippen molar-refractivity contribution in [2.75, 3.05) is 106 Å². The van der Waals surface area contributed by atoms with Crippen LogP contribution in [0, 0.1) is 0 Å². The van der Waals surface area contributed by atoms with Gasteiger partial charge in [0.2, 0.25) is 0 Å². The third kappa shape index (κ3) is 33.4. The molecule has 50 heavy (non-hydrogen) atoms. The van der Waals surface area contributed by atoms with E-state index in [0.717, 1.165) is 25.0 Å². The SMILES string of the molecule is CCCCCCCCCC(=O)OCCOCCOCCOCCOCCOCCOCCOCCOc1ccc(CCCCCCCC)cc1. The molecule has 0 fully saturated rings. The van der Waals surface area contributed by atoms with Crippen molar-refractivity contribution in [2.24, 2.45) is 0 Å². The molecule has 0 saturated carbocycles. The molecule has 0 aliphatic heterocycles. The Hall–Kier alpha value is -1.79. The van der Waals surface area contributed by atoms with E-state index in [-0.39, 0.29) is 5.97 Å². The highest BCUT2D eigenvalue weighted by molar-refractivity contribution is 5.69. The van der Waals surface area contributed by atoms with Crippen LogP contribution in [-0.2, 0) is 49.1 Å². The minimum Gasteiger partial charge on any atom is -0.491 e. The maximum absolute atomic E-state index is 11.7. The Balaban J connectivity index is 1.71. The van der Waals surface area contributed by atoms with E-state index in [2.05, 4.69) is 38.1 Å². The Morgan fingerprint density at radius 1 is 0.420 bits per heavy atom. The predicted octanol–water partition coefficient (Wildman–Crippen LogP) is 7.77. The lowest BCUT2D eigenvalue weighted by Gasteiger charge is -2.09. The zero-order valence-corrected chi connectivity index (χ0v) is 31.8. The van der Waals surface area contributed by atoms with Crippen LogP contribution >= 0.6 is 0 Å². The molecular formula is C40H72O10. The van der Waals surface area contributed by atoms with Gasteiger partial charge in [0.1, 0.15) is 19.0 Å². The van der Waals surface area contributed by atoms with Gasteiger partial charge in [-0.15, -0.1) is 0 Å². The Morgan fingerprint density at radius 3 is 1.22 bits per heavy atom. The first-order chi connectivity index (χ1) is 24.8. The Labute approximate surface area is 304 Å². The second-order valence-electron chi connectivity index (χ2n) is 12.4. The third-order valence-corrected chi connectivity index (χ3v) is 7.95. The van der Waals surface area contributed by atoms with Crippen molar-refractivity contribution >= 4 is 5.97 Å². The maximum Gasteiger partial charge on any atom is 0.305 e. The van der Waals surface area contributed by atoms with Crippen LogP contribution in [-0.4, -0.2) is 112 Å². The molecule has 10 heteroatoms. The highest BCUT2D eigenvalue weighted by atomic mass is 16.6. The predicted molar refractivity (Wildman–Crippen MR) is 198 cm³/mol. The largest absolute Gasteiger partial charge is 0.491 e. The Bertz CT molecular complexity index is 823. The second-order valence-corrected chi connectivity index (χ2v) is 12.4. The summed E-state index contributed by atoms with van der Waals surface area (Å²) in [5, 5.41) is 0. The molecule has 0 spiro atoms. The number of hydrogen-bond acceptors (Lipinski definition) is 10. The van der Waals surface area contributed by atoms with Crippen molar-refractivity contribution in [1.29, 1.82) is 0 Å². The standard InChI is InChI=1S/C40H72O10/c1-3-5-7-9-11-13-15-17-40(41)50-37-35-48-33-31-46-29-27-44-25-23-42-22-24-43-26-28-45-30-32-47-34-36-49-39-20-18-38(19-21-39)16-14-12-10-8-6-4-2/h18-21H,3-17,22-37H2,1-2H3. The van der Waals surface area contributed by atoms with E-state index in [1.165, 1.54) is 76.2 Å². The van der Waals surface area contributed by atoms with Gasteiger partial charge in [0.05, 0.1) is 92.5 Å². The van der Waals surface area contributed by atoms with Crippen molar-refractivity contribution in [3.8, 4) is 5.75 Å². The molecule has 0 N–H and O–H groups in total. The lowest BCUT2D eigenvalue weighted by atomic mass is 10.0. The average molecular weight is 713 g/mol. The molecule has 0 amide bonds. The van der Waals surface area contributed by atoms with Crippen molar-refractivity contribution < 1.29 is 47.4 Å². The third-order valence-electron chi connectivity index (χ3n) is 7.95. The quantitative estimate of drug-likeness (QED) is 0.0496. The molecule has 0 aromatic heterocycles. The van der Waals surface area contributed by atoms with Gasteiger partial charge in [0, 0.05) is 6.42 Å². The first kappa shape index (κ1) is 46.2. The molecule has 10 nitrogen and oxygen atoms in total. The molecule has 1 rings (SSSR count). The summed E-state index contributed by atoms with van der Waals surface area (Å²) in [5.74, 6) is 0.749. The summed E-state index contributed by atoms with van der Waals surface area (Å²) in [7, 11) is 0. The van der Waals surface area contributed by atoms with E-state index >= 15 is 0 Å². The molecule has 1 aromatic carbocycles. The van der Waals surface area contributed by atoms with E-state index in [4.69, 9.17) is 42.6 Å². The van der Waals surface area contributed by atoms with Gasteiger partial charge in [-0.25, -0.2) is 0 Å². The normalized spacial score (nSPS) is 11.3. The van der Waals surface area contributed by atoms with Gasteiger partial charge in [0.15, 0.2) is 0 Å². The van der Waals surface area contributed by atoms with Crippen LogP contribution in [0.2, 0.25) is 0 Å². The lowest BCUT2D eigenvalue weighted by Crippen LogP contribution is -2.15. The first-order valence-electron chi connectivity index (χ1n) is 19.7. The number of esters is 1. The van der Waals surface area contributed by atoms with Gasteiger partial charge >= 0.3 is 5.97 Å². The van der Waals surface area contributed by atoms with Crippen LogP contribution in [0.15, 0.2) is 24.3 Å². The number of hydrogen-bond donors (Lipinski definition) is 0. The highest BCUT2D eigenvalue weighted by Crippen LogP contribution is 2.15. The molecule has 0 radical (unpaired) electrons. The van der Waals surface area contributed by atoms with Crippen LogP contribution in [0.4, 0.5) is 0 Å². The number of ether oxygens (including phenoxy) is 9. The summed E-state index contributed by atoms with van der Waals surface area (Å²) in [6.45, 7) is 12.3. The molecule has 0 atom stereocenters. The van der Waals surface area contributed by atoms with Crippen LogP contribution in [0.25, 0.3) is 0 Å². The van der Waals surface area contributed by atoms with Crippen molar-refractivity contribution in [3.63, 3.8) is 0 Å². The minimum absolute atomic E-state index is 0.136. The summed E-state index contributed by atoms with van der Waals surface area (Å²) in [6.07, 6.45) is 17.9. The smallest absolute Gasteiger partial charge is 0.305 e. The number of aryl methyl sites for hydroxylation is 1. The molecular weight excluding hydrogens is 640 g/mol. The van der Waals surface area contributed by atoms with Crippen molar-refractivity contribution in [3.05, 3.63) is 29.8 Å². The molecule has 292 valence electrons. The van der Waals surface area contributed by atoms with Crippen LogP contribution in [0.1, 0.15) is 109 Å². The van der Waals surface area contributed by atoms with Crippen LogP contribution < -0.4 is 4.74 Å². The van der Waals surface area contributed by atoms with E-state index in [0.29, 0.717) is 112 Å². The number of carbonyl (C=O) groups excluding carboxylic acids is 1. The van der Waals surface area contributed by atoms with E-state index in [9.17, 15) is 4.79 Å². The molecule has 0 unspecified atom stereocenters. The Kier molecular flexibility index (Phi) is 35.5. The molecule has 0 aliphatic carbocycles. The summed E-state index contributed by atoms with van der Waals surface area (Å²) in [5.41, 5.74) is 1.38. The topological polar surface area (TPSA) is 100 Å². The minimum atomic E-state index is -0.136. The number of benzene rings is 1. The van der Waals surface area contributed by atoms with Gasteiger partial charge < -0.3 is 42.6 Å². The van der Waals surface area contributed by atoms with Crippen LogP contribution in [0.5, 0.6) is 5.75 Å². The number of rotatable bonds is 40. The van der Waals surface area contributed by atoms with E-state index in [1.54, 1.807) is 0 Å². The zero-order chi connectivity index (χ0) is 35.8. The van der Waals surface area contributed by atoms with Gasteiger partial charge in [-0.1, -0.05) is 96.6 Å². The summed E-state index contributed by atoms with van der Waals surface area (Å²) >= 11 is 0. The zero-order valence-electron chi connectivity index (χ0n) is 31.8. The van der Waals surface area contributed by atoms with Crippen LogP contribution in [0.3, 0.4) is 0 Å². The maximum atomic E-state index is 11.7. The second kappa shape index (κ2) is 38.4. The van der Waals surface area contributed by atoms with Gasteiger partial charge in [0.25, 0.3) is 0 Å². The molecule has 0 heterocycles. The molecule has 0 saturated heterocycles. The Morgan fingerprint density at radius 2 is 0.780 bits per heavy atom. The number of carbonyl (C=O) groups is 1.